The molecule has 1 amide bonds. The Bertz CT molecular complexity index is 716. The van der Waals surface area contributed by atoms with Crippen molar-refractivity contribution in [3.63, 3.8) is 0 Å². The SMILES string of the molecule is CCCC(CNC(=O)c1cccc(S(=O)(=O)N(C)C(C)C)c1)C(=O)O. The molecule has 8 heteroatoms. The first-order valence-electron chi connectivity index (χ1n) is 8.20. The van der Waals surface area contributed by atoms with Crippen molar-refractivity contribution in [2.24, 2.45) is 5.92 Å². The van der Waals surface area contributed by atoms with Gasteiger partial charge in [0.25, 0.3) is 5.91 Å². The van der Waals surface area contributed by atoms with E-state index in [1.54, 1.807) is 13.8 Å². The highest BCUT2D eigenvalue weighted by Gasteiger charge is 2.24. The maximum Gasteiger partial charge on any atom is 0.308 e. The van der Waals surface area contributed by atoms with Crippen LogP contribution in [0.15, 0.2) is 29.2 Å². The average Bonchev–Trinajstić information content (AvgIpc) is 2.57. The van der Waals surface area contributed by atoms with Gasteiger partial charge >= 0.3 is 5.97 Å². The third-order valence-electron chi connectivity index (χ3n) is 4.00. The number of benzene rings is 1. The van der Waals surface area contributed by atoms with Crippen LogP contribution >= 0.6 is 0 Å². The van der Waals surface area contributed by atoms with Gasteiger partial charge in [0.1, 0.15) is 0 Å². The summed E-state index contributed by atoms with van der Waals surface area (Å²) in [5, 5.41) is 11.7. The highest BCUT2D eigenvalue weighted by molar-refractivity contribution is 7.89. The van der Waals surface area contributed by atoms with Gasteiger partial charge in [-0.3, -0.25) is 9.59 Å². The summed E-state index contributed by atoms with van der Waals surface area (Å²) in [5.74, 6) is -2.11. The molecular formula is C17H26N2O5S. The smallest absolute Gasteiger partial charge is 0.308 e. The Morgan fingerprint density at radius 2 is 1.92 bits per heavy atom. The third kappa shape index (κ3) is 5.54. The zero-order valence-corrected chi connectivity index (χ0v) is 15.8. The predicted octanol–water partition coefficient (Wildman–Crippen LogP) is 1.95. The third-order valence-corrected chi connectivity index (χ3v) is 6.03. The van der Waals surface area contributed by atoms with Crippen LogP contribution in [-0.4, -0.2) is 49.3 Å². The van der Waals surface area contributed by atoms with Gasteiger partial charge in [-0.15, -0.1) is 0 Å². The number of nitrogens with one attached hydrogen (secondary N) is 1. The van der Waals surface area contributed by atoms with E-state index >= 15 is 0 Å². The van der Waals surface area contributed by atoms with Crippen molar-refractivity contribution in [2.45, 2.75) is 44.6 Å². The van der Waals surface area contributed by atoms with Crippen LogP contribution in [0.5, 0.6) is 0 Å². The maximum atomic E-state index is 12.5. The van der Waals surface area contributed by atoms with E-state index < -0.39 is 27.8 Å². The molecule has 0 heterocycles. The van der Waals surface area contributed by atoms with Crippen molar-refractivity contribution >= 4 is 21.9 Å². The fourth-order valence-electron chi connectivity index (χ4n) is 2.22. The van der Waals surface area contributed by atoms with E-state index in [1.165, 1.54) is 35.6 Å². The van der Waals surface area contributed by atoms with Crippen LogP contribution in [0.4, 0.5) is 0 Å². The van der Waals surface area contributed by atoms with E-state index in [-0.39, 0.29) is 23.0 Å². The zero-order chi connectivity index (χ0) is 19.2. The number of aliphatic carboxylic acids is 1. The molecule has 0 aliphatic heterocycles. The van der Waals surface area contributed by atoms with Crippen molar-refractivity contribution in [2.75, 3.05) is 13.6 Å². The second kappa shape index (κ2) is 8.96. The second-order valence-electron chi connectivity index (χ2n) is 6.18. The number of sulfonamides is 1. The monoisotopic (exact) mass is 370 g/mol. The Morgan fingerprint density at radius 3 is 2.44 bits per heavy atom. The van der Waals surface area contributed by atoms with Gasteiger partial charge in [0.15, 0.2) is 0 Å². The molecule has 1 rings (SSSR count). The minimum absolute atomic E-state index is 0.00484. The van der Waals surface area contributed by atoms with Gasteiger partial charge in [0.05, 0.1) is 10.8 Å². The van der Waals surface area contributed by atoms with Crippen molar-refractivity contribution in [1.82, 2.24) is 9.62 Å². The molecule has 1 aromatic rings. The van der Waals surface area contributed by atoms with E-state index in [2.05, 4.69) is 5.32 Å². The largest absolute Gasteiger partial charge is 0.481 e. The standard InChI is InChI=1S/C17H26N2O5S/c1-5-7-14(17(21)22)11-18-16(20)13-8-6-9-15(10-13)25(23,24)19(4)12(2)3/h6,8-10,12,14H,5,7,11H2,1-4H3,(H,18,20)(H,21,22). The Labute approximate surface area is 149 Å². The van der Waals surface area contributed by atoms with Crippen molar-refractivity contribution in [3.05, 3.63) is 29.8 Å². The van der Waals surface area contributed by atoms with Crippen LogP contribution in [-0.2, 0) is 14.8 Å². The van der Waals surface area contributed by atoms with Gasteiger partial charge in [0, 0.05) is 25.2 Å². The summed E-state index contributed by atoms with van der Waals surface area (Å²) >= 11 is 0. The molecule has 0 aliphatic rings. The van der Waals surface area contributed by atoms with Crippen LogP contribution in [0.3, 0.4) is 0 Å². The molecule has 0 radical (unpaired) electrons. The molecule has 0 aromatic heterocycles. The molecule has 0 bridgehead atoms. The molecule has 2 N–H and O–H groups in total. The number of hydrogen-bond donors (Lipinski definition) is 2. The van der Waals surface area contributed by atoms with E-state index in [9.17, 15) is 18.0 Å². The molecule has 0 saturated carbocycles. The fourth-order valence-corrected chi connectivity index (χ4v) is 3.63. The summed E-state index contributed by atoms with van der Waals surface area (Å²) in [7, 11) is -2.21. The summed E-state index contributed by atoms with van der Waals surface area (Å²) < 4.78 is 26.2. The first-order chi connectivity index (χ1) is 11.6. The van der Waals surface area contributed by atoms with Crippen LogP contribution < -0.4 is 5.32 Å². The molecule has 0 saturated heterocycles. The molecular weight excluding hydrogens is 344 g/mol. The van der Waals surface area contributed by atoms with Gasteiger partial charge in [-0.2, -0.15) is 4.31 Å². The summed E-state index contributed by atoms with van der Waals surface area (Å²) in [4.78, 5) is 23.4. The number of carboxylic acids is 1. The quantitative estimate of drug-likeness (QED) is 0.691. The van der Waals surface area contributed by atoms with Crippen molar-refractivity contribution < 1.29 is 23.1 Å². The molecule has 140 valence electrons. The molecule has 1 atom stereocenters. The number of hydrogen-bond acceptors (Lipinski definition) is 4. The summed E-state index contributed by atoms with van der Waals surface area (Å²) in [6.45, 7) is 5.39. The van der Waals surface area contributed by atoms with E-state index in [1.807, 2.05) is 6.92 Å². The number of nitrogens with zero attached hydrogens (tertiary/aromatic N) is 1. The normalized spacial score (nSPS) is 13.0. The van der Waals surface area contributed by atoms with E-state index in [4.69, 9.17) is 5.11 Å². The maximum absolute atomic E-state index is 12.5. The van der Waals surface area contributed by atoms with Crippen molar-refractivity contribution in [1.29, 1.82) is 0 Å². The molecule has 0 fully saturated rings. The van der Waals surface area contributed by atoms with Gasteiger partial charge in [-0.05, 0) is 38.5 Å². The number of carbonyl (C=O) groups is 2. The number of rotatable bonds is 9. The first-order valence-corrected chi connectivity index (χ1v) is 9.64. The number of carboxylic acid groups (broad SMARTS) is 1. The Balaban J connectivity index is 2.94. The molecule has 0 aliphatic carbocycles. The van der Waals surface area contributed by atoms with Crippen LogP contribution in [0, 0.1) is 5.92 Å². The molecule has 1 aromatic carbocycles. The lowest BCUT2D eigenvalue weighted by Gasteiger charge is -2.21. The topological polar surface area (TPSA) is 104 Å². The minimum atomic E-state index is -3.69. The average molecular weight is 370 g/mol. The van der Waals surface area contributed by atoms with E-state index in [0.29, 0.717) is 12.8 Å². The fraction of sp³-hybridized carbons (Fsp3) is 0.529. The minimum Gasteiger partial charge on any atom is -0.481 e. The lowest BCUT2D eigenvalue weighted by molar-refractivity contribution is -0.141. The van der Waals surface area contributed by atoms with Crippen LogP contribution in [0.2, 0.25) is 0 Å². The Hall–Kier alpha value is -1.93. The first kappa shape index (κ1) is 21.1. The van der Waals surface area contributed by atoms with E-state index in [0.717, 1.165) is 0 Å². The Kier molecular flexibility index (Phi) is 7.57. The number of carbonyl (C=O) groups excluding carboxylic acids is 1. The van der Waals surface area contributed by atoms with Crippen LogP contribution in [0.1, 0.15) is 44.0 Å². The van der Waals surface area contributed by atoms with Gasteiger partial charge in [0.2, 0.25) is 10.0 Å². The summed E-state index contributed by atoms with van der Waals surface area (Å²) in [6.07, 6.45) is 1.16. The highest BCUT2D eigenvalue weighted by atomic mass is 32.2. The summed E-state index contributed by atoms with van der Waals surface area (Å²) in [6, 6.07) is 5.52. The highest BCUT2D eigenvalue weighted by Crippen LogP contribution is 2.18. The summed E-state index contributed by atoms with van der Waals surface area (Å²) in [5.41, 5.74) is 0.180. The predicted molar refractivity (Wildman–Crippen MR) is 94.9 cm³/mol. The zero-order valence-electron chi connectivity index (χ0n) is 15.0. The second-order valence-corrected chi connectivity index (χ2v) is 8.17. The number of amides is 1. The van der Waals surface area contributed by atoms with Gasteiger partial charge in [-0.25, -0.2) is 8.42 Å². The van der Waals surface area contributed by atoms with Crippen LogP contribution in [0.25, 0.3) is 0 Å². The molecule has 7 nitrogen and oxygen atoms in total. The van der Waals surface area contributed by atoms with Crippen molar-refractivity contribution in [3.8, 4) is 0 Å². The van der Waals surface area contributed by atoms with Gasteiger partial charge < -0.3 is 10.4 Å². The molecule has 0 spiro atoms. The van der Waals surface area contributed by atoms with Gasteiger partial charge in [-0.1, -0.05) is 19.4 Å². The lowest BCUT2D eigenvalue weighted by atomic mass is 10.0. The Morgan fingerprint density at radius 1 is 1.28 bits per heavy atom. The molecule has 1 unspecified atom stereocenters. The lowest BCUT2D eigenvalue weighted by Crippen LogP contribution is -2.34. The molecule has 25 heavy (non-hydrogen) atoms.